The van der Waals surface area contributed by atoms with Gasteiger partial charge in [0, 0.05) is 25.3 Å². The van der Waals surface area contributed by atoms with Crippen molar-refractivity contribution in [1.82, 2.24) is 0 Å². The fraction of sp³-hybridized carbons (Fsp3) is 0.571. The summed E-state index contributed by atoms with van der Waals surface area (Å²) in [7, 11) is 2.09. The molecule has 3 nitrogen and oxygen atoms in total. The van der Waals surface area contributed by atoms with E-state index in [1.165, 1.54) is 5.69 Å². The minimum atomic E-state index is 0.368. The Bertz CT molecular complexity index is 321. The number of anilines is 1. The summed E-state index contributed by atoms with van der Waals surface area (Å²) < 4.78 is 5.43. The van der Waals surface area contributed by atoms with Gasteiger partial charge in [-0.3, -0.25) is 0 Å². The number of likely N-dealkylation sites (N-methyl/N-ethyl adjacent to an activating group) is 1. The highest BCUT2D eigenvalue weighted by atomic mass is 16.5. The molecule has 1 aromatic rings. The van der Waals surface area contributed by atoms with Crippen molar-refractivity contribution in [2.24, 2.45) is 11.7 Å². The third-order valence-corrected chi connectivity index (χ3v) is 3.06. The molecule has 0 radical (unpaired) electrons. The summed E-state index contributed by atoms with van der Waals surface area (Å²) in [6, 6.07) is 8.53. The molecule has 0 aromatic heterocycles. The van der Waals surface area contributed by atoms with Gasteiger partial charge in [-0.1, -0.05) is 13.8 Å². The van der Waals surface area contributed by atoms with Gasteiger partial charge in [-0.05, 0) is 37.1 Å². The summed E-state index contributed by atoms with van der Waals surface area (Å²) in [4.78, 5) is 2.24. The summed E-state index contributed by atoms with van der Waals surface area (Å²) in [5.41, 5.74) is 7.00. The van der Waals surface area contributed by atoms with Crippen molar-refractivity contribution in [3.63, 3.8) is 0 Å². The number of benzene rings is 1. The van der Waals surface area contributed by atoms with Gasteiger partial charge in [0.1, 0.15) is 5.75 Å². The van der Waals surface area contributed by atoms with Crippen molar-refractivity contribution in [1.29, 1.82) is 0 Å². The van der Waals surface area contributed by atoms with Crippen LogP contribution >= 0.6 is 0 Å². The summed E-state index contributed by atoms with van der Waals surface area (Å²) in [6.07, 6.45) is 0. The topological polar surface area (TPSA) is 38.5 Å². The maximum absolute atomic E-state index is 5.82. The summed E-state index contributed by atoms with van der Waals surface area (Å²) in [6.45, 7) is 7.75. The van der Waals surface area contributed by atoms with E-state index in [4.69, 9.17) is 10.5 Å². The minimum Gasteiger partial charge on any atom is -0.494 e. The summed E-state index contributed by atoms with van der Waals surface area (Å²) in [5.74, 6) is 1.45. The van der Waals surface area contributed by atoms with Gasteiger partial charge in [0.2, 0.25) is 0 Å². The highest BCUT2D eigenvalue weighted by Crippen LogP contribution is 2.22. The molecule has 0 aliphatic heterocycles. The molecular weight excluding hydrogens is 212 g/mol. The molecule has 3 heteroatoms. The Morgan fingerprint density at radius 2 is 1.82 bits per heavy atom. The molecule has 0 saturated heterocycles. The fourth-order valence-corrected chi connectivity index (χ4v) is 2.01. The molecule has 17 heavy (non-hydrogen) atoms. The van der Waals surface area contributed by atoms with Crippen molar-refractivity contribution in [3.8, 4) is 5.75 Å². The van der Waals surface area contributed by atoms with Crippen LogP contribution in [-0.4, -0.2) is 26.2 Å². The van der Waals surface area contributed by atoms with Gasteiger partial charge in [0.25, 0.3) is 0 Å². The molecule has 1 rings (SSSR count). The van der Waals surface area contributed by atoms with E-state index in [-0.39, 0.29) is 0 Å². The molecule has 0 fully saturated rings. The Morgan fingerprint density at radius 3 is 2.24 bits per heavy atom. The lowest BCUT2D eigenvalue weighted by Gasteiger charge is -2.32. The number of hydrogen-bond donors (Lipinski definition) is 1. The molecular formula is C14H24N2O. The molecule has 0 amide bonds. The Balaban J connectivity index is 2.77. The SMILES string of the molecule is CCOc1ccc(N(C)C(CN)C(C)C)cc1. The van der Waals surface area contributed by atoms with Crippen LogP contribution in [0.15, 0.2) is 24.3 Å². The smallest absolute Gasteiger partial charge is 0.119 e. The van der Waals surface area contributed by atoms with Gasteiger partial charge < -0.3 is 15.4 Å². The second kappa shape index (κ2) is 6.50. The van der Waals surface area contributed by atoms with E-state index < -0.39 is 0 Å². The van der Waals surface area contributed by atoms with Crippen molar-refractivity contribution in [3.05, 3.63) is 24.3 Å². The van der Waals surface area contributed by atoms with E-state index in [0.29, 0.717) is 25.1 Å². The van der Waals surface area contributed by atoms with Crippen LogP contribution in [0.1, 0.15) is 20.8 Å². The van der Waals surface area contributed by atoms with E-state index in [9.17, 15) is 0 Å². The lowest BCUT2D eigenvalue weighted by Crippen LogP contribution is -2.41. The lowest BCUT2D eigenvalue weighted by atomic mass is 10.0. The van der Waals surface area contributed by atoms with E-state index >= 15 is 0 Å². The zero-order chi connectivity index (χ0) is 12.8. The monoisotopic (exact) mass is 236 g/mol. The molecule has 1 aromatic carbocycles. The average molecular weight is 236 g/mol. The number of hydrogen-bond acceptors (Lipinski definition) is 3. The Kier molecular flexibility index (Phi) is 5.29. The van der Waals surface area contributed by atoms with Crippen molar-refractivity contribution >= 4 is 5.69 Å². The van der Waals surface area contributed by atoms with Crippen LogP contribution in [0, 0.1) is 5.92 Å². The fourth-order valence-electron chi connectivity index (χ4n) is 2.01. The number of rotatable bonds is 6. The molecule has 0 aliphatic rings. The molecule has 1 unspecified atom stereocenters. The van der Waals surface area contributed by atoms with E-state index in [1.54, 1.807) is 0 Å². The molecule has 0 bridgehead atoms. The maximum Gasteiger partial charge on any atom is 0.119 e. The third kappa shape index (κ3) is 3.63. The van der Waals surface area contributed by atoms with Gasteiger partial charge in [-0.25, -0.2) is 0 Å². The van der Waals surface area contributed by atoms with Crippen molar-refractivity contribution in [2.75, 3.05) is 25.1 Å². The van der Waals surface area contributed by atoms with Crippen molar-refractivity contribution in [2.45, 2.75) is 26.8 Å². The normalized spacial score (nSPS) is 12.6. The predicted octanol–water partition coefficient (Wildman–Crippen LogP) is 2.50. The molecule has 0 heterocycles. The minimum absolute atomic E-state index is 0.368. The average Bonchev–Trinajstić information content (AvgIpc) is 2.30. The summed E-state index contributed by atoms with van der Waals surface area (Å²) in [5, 5.41) is 0. The zero-order valence-electron chi connectivity index (χ0n) is 11.3. The third-order valence-electron chi connectivity index (χ3n) is 3.06. The molecule has 96 valence electrons. The highest BCUT2D eigenvalue weighted by Gasteiger charge is 2.17. The number of nitrogens with zero attached hydrogens (tertiary/aromatic N) is 1. The Hall–Kier alpha value is -1.22. The van der Waals surface area contributed by atoms with Crippen LogP contribution in [0.2, 0.25) is 0 Å². The van der Waals surface area contributed by atoms with Crippen LogP contribution in [-0.2, 0) is 0 Å². The summed E-state index contributed by atoms with van der Waals surface area (Å²) >= 11 is 0. The van der Waals surface area contributed by atoms with Crippen LogP contribution in [0.4, 0.5) is 5.69 Å². The van der Waals surface area contributed by atoms with Crippen LogP contribution in [0.25, 0.3) is 0 Å². The standard InChI is InChI=1S/C14H24N2O/c1-5-17-13-8-6-12(7-9-13)16(4)14(10-15)11(2)3/h6-9,11,14H,5,10,15H2,1-4H3. The number of nitrogens with two attached hydrogens (primary N) is 1. The Labute approximate surface area is 105 Å². The van der Waals surface area contributed by atoms with Gasteiger partial charge in [-0.2, -0.15) is 0 Å². The predicted molar refractivity (Wildman–Crippen MR) is 73.7 cm³/mol. The first-order valence-electron chi connectivity index (χ1n) is 6.25. The molecule has 1 atom stereocenters. The van der Waals surface area contributed by atoms with Crippen LogP contribution in [0.3, 0.4) is 0 Å². The molecule has 0 saturated carbocycles. The second-order valence-electron chi connectivity index (χ2n) is 4.58. The Morgan fingerprint density at radius 1 is 1.24 bits per heavy atom. The first-order chi connectivity index (χ1) is 8.10. The molecule has 0 aliphatic carbocycles. The van der Waals surface area contributed by atoms with E-state index in [0.717, 1.165) is 5.75 Å². The van der Waals surface area contributed by atoms with E-state index in [1.807, 2.05) is 19.1 Å². The van der Waals surface area contributed by atoms with Crippen LogP contribution < -0.4 is 15.4 Å². The second-order valence-corrected chi connectivity index (χ2v) is 4.58. The molecule has 0 spiro atoms. The molecule has 2 N–H and O–H groups in total. The maximum atomic E-state index is 5.82. The van der Waals surface area contributed by atoms with Crippen LogP contribution in [0.5, 0.6) is 5.75 Å². The first-order valence-corrected chi connectivity index (χ1v) is 6.25. The van der Waals surface area contributed by atoms with Gasteiger partial charge in [0.05, 0.1) is 6.61 Å². The zero-order valence-corrected chi connectivity index (χ0v) is 11.3. The first kappa shape index (κ1) is 13.8. The number of ether oxygens (including phenoxy) is 1. The van der Waals surface area contributed by atoms with Crippen molar-refractivity contribution < 1.29 is 4.74 Å². The largest absolute Gasteiger partial charge is 0.494 e. The lowest BCUT2D eigenvalue weighted by molar-refractivity contribution is 0.340. The van der Waals surface area contributed by atoms with Gasteiger partial charge in [0.15, 0.2) is 0 Å². The highest BCUT2D eigenvalue weighted by molar-refractivity contribution is 5.49. The quantitative estimate of drug-likeness (QED) is 0.824. The van der Waals surface area contributed by atoms with E-state index in [2.05, 4.69) is 37.9 Å². The van der Waals surface area contributed by atoms with Gasteiger partial charge >= 0.3 is 0 Å². The van der Waals surface area contributed by atoms with Gasteiger partial charge in [-0.15, -0.1) is 0 Å².